The molecule has 0 saturated carbocycles. The monoisotopic (exact) mass is 355 g/mol. The maximum absolute atomic E-state index is 12.3. The summed E-state index contributed by atoms with van der Waals surface area (Å²) < 4.78 is 6.40. The van der Waals surface area contributed by atoms with E-state index in [1.54, 1.807) is 20.0 Å². The third kappa shape index (κ3) is 4.29. The number of aryl methyl sites for hydroxylation is 1. The molecule has 0 saturated heterocycles. The van der Waals surface area contributed by atoms with Crippen LogP contribution in [0.4, 0.5) is 5.82 Å². The van der Waals surface area contributed by atoms with Gasteiger partial charge in [0.25, 0.3) is 0 Å². The normalized spacial score (nSPS) is 10.5. The molecule has 0 spiro atoms. The molecule has 0 fully saturated rings. The van der Waals surface area contributed by atoms with Crippen molar-refractivity contribution in [3.8, 4) is 5.69 Å². The lowest BCUT2D eigenvalue weighted by Crippen LogP contribution is -2.35. The summed E-state index contributed by atoms with van der Waals surface area (Å²) in [7, 11) is 1.57. The van der Waals surface area contributed by atoms with Gasteiger partial charge in [-0.1, -0.05) is 17.3 Å². The molecule has 10 nitrogen and oxygen atoms in total. The van der Waals surface area contributed by atoms with Gasteiger partial charge in [-0.15, -0.1) is 5.10 Å². The summed E-state index contributed by atoms with van der Waals surface area (Å²) in [4.78, 5) is 25.6. The minimum atomic E-state index is -0.344. The number of hydrogen-bond acceptors (Lipinski definition) is 7. The van der Waals surface area contributed by atoms with E-state index in [0.29, 0.717) is 11.6 Å². The van der Waals surface area contributed by atoms with Crippen molar-refractivity contribution in [2.75, 3.05) is 18.9 Å². The molecule has 0 aliphatic rings. The summed E-state index contributed by atoms with van der Waals surface area (Å²) in [6.45, 7) is 1.65. The van der Waals surface area contributed by atoms with Crippen LogP contribution in [0.5, 0.6) is 0 Å². The number of aromatic nitrogens is 5. The zero-order chi connectivity index (χ0) is 18.5. The first-order chi connectivity index (χ1) is 12.5. The first-order valence-corrected chi connectivity index (χ1v) is 7.80. The van der Waals surface area contributed by atoms with E-state index in [4.69, 9.17) is 4.52 Å². The van der Waals surface area contributed by atoms with E-state index in [-0.39, 0.29) is 24.8 Å². The molecule has 0 bridgehead atoms. The molecule has 1 N–H and O–H groups in total. The van der Waals surface area contributed by atoms with Gasteiger partial charge in [0.2, 0.25) is 11.8 Å². The van der Waals surface area contributed by atoms with Crippen molar-refractivity contribution in [1.29, 1.82) is 0 Å². The smallest absolute Gasteiger partial charge is 0.245 e. The fourth-order valence-electron chi connectivity index (χ4n) is 2.27. The maximum Gasteiger partial charge on any atom is 0.245 e. The molecular formula is C16H17N7O3. The second-order valence-corrected chi connectivity index (χ2v) is 5.72. The van der Waals surface area contributed by atoms with Crippen LogP contribution in [-0.4, -0.2) is 55.7 Å². The highest BCUT2D eigenvalue weighted by Crippen LogP contribution is 2.10. The van der Waals surface area contributed by atoms with Crippen molar-refractivity contribution in [3.05, 3.63) is 48.0 Å². The van der Waals surface area contributed by atoms with Crippen LogP contribution in [0.1, 0.15) is 11.3 Å². The molecule has 2 amide bonds. The van der Waals surface area contributed by atoms with Gasteiger partial charge in [-0.25, -0.2) is 4.68 Å². The molecule has 3 rings (SSSR count). The lowest BCUT2D eigenvalue weighted by atomic mass is 10.1. The van der Waals surface area contributed by atoms with Crippen molar-refractivity contribution in [2.24, 2.45) is 0 Å². The van der Waals surface area contributed by atoms with Crippen molar-refractivity contribution < 1.29 is 14.1 Å². The summed E-state index contributed by atoms with van der Waals surface area (Å²) in [5.74, 6) is 0.399. The van der Waals surface area contributed by atoms with Gasteiger partial charge in [0.15, 0.2) is 5.82 Å². The van der Waals surface area contributed by atoms with Crippen LogP contribution in [0.15, 0.2) is 41.2 Å². The van der Waals surface area contributed by atoms with Crippen molar-refractivity contribution >= 4 is 17.6 Å². The van der Waals surface area contributed by atoms with Crippen molar-refractivity contribution in [1.82, 2.24) is 30.3 Å². The van der Waals surface area contributed by atoms with E-state index in [1.807, 2.05) is 24.3 Å². The number of carbonyl (C=O) groups is 2. The number of rotatable bonds is 6. The lowest BCUT2D eigenvalue weighted by Gasteiger charge is -2.16. The second kappa shape index (κ2) is 7.55. The number of nitrogens with zero attached hydrogens (tertiary/aromatic N) is 6. The molecule has 0 aliphatic heterocycles. The number of benzene rings is 1. The van der Waals surface area contributed by atoms with E-state index < -0.39 is 0 Å². The van der Waals surface area contributed by atoms with Gasteiger partial charge in [-0.2, -0.15) is 0 Å². The number of nitrogens with one attached hydrogen (secondary N) is 1. The molecule has 0 unspecified atom stereocenters. The third-order valence-electron chi connectivity index (χ3n) is 3.61. The SMILES string of the molecule is Cc1cc(NC(=O)CN(C)C(=O)Cc2ccc(-n3cnnn3)cc2)no1. The molecule has 0 atom stereocenters. The van der Waals surface area contributed by atoms with E-state index in [0.717, 1.165) is 11.3 Å². The van der Waals surface area contributed by atoms with Crippen LogP contribution < -0.4 is 5.32 Å². The zero-order valence-electron chi connectivity index (χ0n) is 14.3. The van der Waals surface area contributed by atoms with Crippen LogP contribution in [0.2, 0.25) is 0 Å². The van der Waals surface area contributed by atoms with Gasteiger partial charge >= 0.3 is 0 Å². The predicted molar refractivity (Wildman–Crippen MR) is 90.4 cm³/mol. The first-order valence-electron chi connectivity index (χ1n) is 7.80. The maximum atomic E-state index is 12.3. The number of carbonyl (C=O) groups excluding carboxylic acids is 2. The minimum absolute atomic E-state index is 0.0759. The number of likely N-dealkylation sites (N-methyl/N-ethyl adjacent to an activating group) is 1. The van der Waals surface area contributed by atoms with Crippen LogP contribution in [-0.2, 0) is 16.0 Å². The fourth-order valence-corrected chi connectivity index (χ4v) is 2.27. The van der Waals surface area contributed by atoms with Gasteiger partial charge in [-0.3, -0.25) is 9.59 Å². The summed E-state index contributed by atoms with van der Waals surface area (Å²) in [5, 5.41) is 17.2. The van der Waals surface area contributed by atoms with Crippen molar-refractivity contribution in [2.45, 2.75) is 13.3 Å². The molecule has 2 heterocycles. The molecule has 1 aromatic carbocycles. The molecule has 134 valence electrons. The highest BCUT2D eigenvalue weighted by Gasteiger charge is 2.15. The minimum Gasteiger partial charge on any atom is -0.360 e. The number of hydrogen-bond donors (Lipinski definition) is 1. The summed E-state index contributed by atoms with van der Waals surface area (Å²) >= 11 is 0. The van der Waals surface area contributed by atoms with Gasteiger partial charge < -0.3 is 14.7 Å². The largest absolute Gasteiger partial charge is 0.360 e. The summed E-state index contributed by atoms with van der Waals surface area (Å²) in [6.07, 6.45) is 1.67. The van der Waals surface area contributed by atoms with Gasteiger partial charge in [0, 0.05) is 13.1 Å². The summed E-state index contributed by atoms with van der Waals surface area (Å²) in [5.41, 5.74) is 1.62. The Morgan fingerprint density at radius 2 is 2.04 bits per heavy atom. The Labute approximate surface area is 148 Å². The van der Waals surface area contributed by atoms with Gasteiger partial charge in [0.05, 0.1) is 18.7 Å². The number of amides is 2. The van der Waals surface area contributed by atoms with E-state index in [2.05, 4.69) is 26.0 Å². The van der Waals surface area contributed by atoms with Crippen molar-refractivity contribution in [3.63, 3.8) is 0 Å². The number of tetrazole rings is 1. The average molecular weight is 355 g/mol. The topological polar surface area (TPSA) is 119 Å². The Hall–Kier alpha value is -3.56. The molecular weight excluding hydrogens is 338 g/mol. The first kappa shape index (κ1) is 17.3. The van der Waals surface area contributed by atoms with E-state index in [1.165, 1.54) is 15.9 Å². The Morgan fingerprint density at radius 1 is 1.27 bits per heavy atom. The van der Waals surface area contributed by atoms with E-state index in [9.17, 15) is 9.59 Å². The Balaban J connectivity index is 1.52. The number of anilines is 1. The zero-order valence-corrected chi connectivity index (χ0v) is 14.3. The molecule has 0 aliphatic carbocycles. The highest BCUT2D eigenvalue weighted by atomic mass is 16.5. The molecule has 2 aromatic heterocycles. The molecule has 3 aromatic rings. The summed E-state index contributed by atoms with van der Waals surface area (Å²) in [6, 6.07) is 8.88. The van der Waals surface area contributed by atoms with E-state index >= 15 is 0 Å². The Bertz CT molecular complexity index is 887. The van der Waals surface area contributed by atoms with Crippen LogP contribution in [0.3, 0.4) is 0 Å². The standard InChI is InChI=1S/C16H17N7O3/c1-11-7-14(19-26-11)18-15(24)9-22(2)16(25)8-12-3-5-13(6-4-12)23-10-17-20-21-23/h3-7,10H,8-9H2,1-2H3,(H,18,19,24). The molecule has 0 radical (unpaired) electrons. The highest BCUT2D eigenvalue weighted by molar-refractivity contribution is 5.94. The quantitative estimate of drug-likeness (QED) is 0.687. The Kier molecular flexibility index (Phi) is 5.02. The van der Waals surface area contributed by atoms with Crippen LogP contribution >= 0.6 is 0 Å². The van der Waals surface area contributed by atoms with Crippen LogP contribution in [0.25, 0.3) is 5.69 Å². The second-order valence-electron chi connectivity index (χ2n) is 5.72. The molecule has 26 heavy (non-hydrogen) atoms. The van der Waals surface area contributed by atoms with Gasteiger partial charge in [0.1, 0.15) is 12.1 Å². The van der Waals surface area contributed by atoms with Crippen LogP contribution in [0, 0.1) is 6.92 Å². The predicted octanol–water partition coefficient (Wildman–Crippen LogP) is 0.598. The van der Waals surface area contributed by atoms with Gasteiger partial charge in [-0.05, 0) is 35.0 Å². The lowest BCUT2D eigenvalue weighted by molar-refractivity contribution is -0.132. The third-order valence-corrected chi connectivity index (χ3v) is 3.61. The Morgan fingerprint density at radius 3 is 2.65 bits per heavy atom. The fraction of sp³-hybridized carbons (Fsp3) is 0.250. The molecule has 10 heteroatoms. The average Bonchev–Trinajstić information content (AvgIpc) is 3.27.